The van der Waals surface area contributed by atoms with Gasteiger partial charge in [0.15, 0.2) is 0 Å². The molecule has 0 radical (unpaired) electrons. The number of likely N-dealkylation sites (tertiary alicyclic amines) is 1. The van der Waals surface area contributed by atoms with Crippen molar-refractivity contribution in [1.29, 1.82) is 0 Å². The highest BCUT2D eigenvalue weighted by Crippen LogP contribution is 2.23. The van der Waals surface area contributed by atoms with Crippen LogP contribution in [0.15, 0.2) is 23.1 Å². The molecular weight excluding hydrogens is 310 g/mol. The van der Waals surface area contributed by atoms with Crippen molar-refractivity contribution >= 4 is 27.3 Å². The lowest BCUT2D eigenvalue weighted by Gasteiger charge is -2.28. The van der Waals surface area contributed by atoms with Crippen molar-refractivity contribution in [2.45, 2.75) is 24.2 Å². The SMILES string of the molecule is CN1CCC(CCNS(=O)(=O)c2ccc(N)c(Cl)c2)CC1. The second-order valence-electron chi connectivity index (χ2n) is 5.62. The number of nitrogens with two attached hydrogens (primary N) is 1. The molecule has 0 unspecified atom stereocenters. The van der Waals surface area contributed by atoms with Crippen molar-refractivity contribution < 1.29 is 8.42 Å². The number of rotatable bonds is 5. The summed E-state index contributed by atoms with van der Waals surface area (Å²) in [5, 5.41) is 0.258. The van der Waals surface area contributed by atoms with Crippen LogP contribution in [0.2, 0.25) is 5.02 Å². The third kappa shape index (κ3) is 4.57. The minimum Gasteiger partial charge on any atom is -0.398 e. The second-order valence-corrected chi connectivity index (χ2v) is 7.79. The first-order valence-corrected chi connectivity index (χ1v) is 8.98. The molecule has 1 heterocycles. The molecule has 3 N–H and O–H groups in total. The number of nitrogens with one attached hydrogen (secondary N) is 1. The molecule has 0 bridgehead atoms. The lowest BCUT2D eigenvalue weighted by molar-refractivity contribution is 0.213. The molecule has 0 saturated carbocycles. The van der Waals surface area contributed by atoms with E-state index in [9.17, 15) is 8.42 Å². The van der Waals surface area contributed by atoms with Crippen molar-refractivity contribution in [1.82, 2.24) is 9.62 Å². The highest BCUT2D eigenvalue weighted by molar-refractivity contribution is 7.89. The van der Waals surface area contributed by atoms with E-state index in [-0.39, 0.29) is 9.92 Å². The second kappa shape index (κ2) is 6.96. The third-order valence-electron chi connectivity index (χ3n) is 3.97. The van der Waals surface area contributed by atoms with Gasteiger partial charge in [-0.15, -0.1) is 0 Å². The fraction of sp³-hybridized carbons (Fsp3) is 0.571. The first-order valence-electron chi connectivity index (χ1n) is 7.12. The number of hydrogen-bond acceptors (Lipinski definition) is 4. The molecule has 21 heavy (non-hydrogen) atoms. The summed E-state index contributed by atoms with van der Waals surface area (Å²) in [6, 6.07) is 4.36. The molecule has 7 heteroatoms. The molecule has 118 valence electrons. The monoisotopic (exact) mass is 331 g/mol. The summed E-state index contributed by atoms with van der Waals surface area (Å²) in [7, 11) is -1.40. The molecule has 2 rings (SSSR count). The number of hydrogen-bond donors (Lipinski definition) is 2. The van der Waals surface area contributed by atoms with E-state index in [0.717, 1.165) is 32.4 Å². The van der Waals surface area contributed by atoms with E-state index in [1.54, 1.807) is 0 Å². The smallest absolute Gasteiger partial charge is 0.240 e. The lowest BCUT2D eigenvalue weighted by atomic mass is 9.94. The number of nitrogen functional groups attached to an aromatic ring is 1. The molecule has 1 saturated heterocycles. The summed E-state index contributed by atoms with van der Waals surface area (Å²) in [5.41, 5.74) is 5.97. The summed E-state index contributed by atoms with van der Waals surface area (Å²) in [4.78, 5) is 2.46. The van der Waals surface area contributed by atoms with E-state index < -0.39 is 10.0 Å². The third-order valence-corrected chi connectivity index (χ3v) is 5.75. The standard InChI is InChI=1S/C14H22ClN3O2S/c1-18-8-5-11(6-9-18)4-7-17-21(19,20)12-2-3-14(16)13(15)10-12/h2-3,10-11,17H,4-9,16H2,1H3. The summed E-state index contributed by atoms with van der Waals surface area (Å²) in [6.07, 6.45) is 3.13. The van der Waals surface area contributed by atoms with Crippen molar-refractivity contribution in [2.24, 2.45) is 5.92 Å². The first-order chi connectivity index (χ1) is 9.88. The van der Waals surface area contributed by atoms with E-state index in [4.69, 9.17) is 17.3 Å². The van der Waals surface area contributed by atoms with E-state index in [1.807, 2.05) is 0 Å². The van der Waals surface area contributed by atoms with Crippen LogP contribution < -0.4 is 10.5 Å². The summed E-state index contributed by atoms with van der Waals surface area (Å²) < 4.78 is 27.0. The van der Waals surface area contributed by atoms with Gasteiger partial charge in [-0.1, -0.05) is 11.6 Å². The Morgan fingerprint density at radius 3 is 2.67 bits per heavy atom. The Morgan fingerprint density at radius 2 is 2.05 bits per heavy atom. The van der Waals surface area contributed by atoms with Gasteiger partial charge in [0.25, 0.3) is 0 Å². The summed E-state index contributed by atoms with van der Waals surface area (Å²) in [5.74, 6) is 0.596. The zero-order valence-corrected chi connectivity index (χ0v) is 13.8. The number of benzene rings is 1. The van der Waals surface area contributed by atoms with Crippen LogP contribution in [0.3, 0.4) is 0 Å². The molecule has 0 amide bonds. The molecule has 0 aromatic heterocycles. The van der Waals surface area contributed by atoms with Gasteiger partial charge >= 0.3 is 0 Å². The zero-order valence-electron chi connectivity index (χ0n) is 12.2. The van der Waals surface area contributed by atoms with Crippen LogP contribution in [0, 0.1) is 5.92 Å². The Hall–Kier alpha value is -0.820. The summed E-state index contributed by atoms with van der Waals surface area (Å²) >= 11 is 5.87. The average Bonchev–Trinajstić information content (AvgIpc) is 2.44. The average molecular weight is 332 g/mol. The molecule has 0 aliphatic carbocycles. The Bertz CT molecular complexity index is 584. The van der Waals surface area contributed by atoms with Gasteiger partial charge in [0.1, 0.15) is 0 Å². The Kier molecular flexibility index (Phi) is 5.48. The van der Waals surface area contributed by atoms with Gasteiger partial charge in [-0.3, -0.25) is 0 Å². The molecule has 0 atom stereocenters. The maximum Gasteiger partial charge on any atom is 0.240 e. The predicted octanol–water partition coefficient (Wildman–Crippen LogP) is 1.93. The van der Waals surface area contributed by atoms with E-state index in [2.05, 4.69) is 16.7 Å². The molecular formula is C14H22ClN3O2S. The van der Waals surface area contributed by atoms with Crippen LogP contribution in [0.5, 0.6) is 0 Å². The number of nitrogens with zero attached hydrogens (tertiary/aromatic N) is 1. The maximum absolute atomic E-state index is 12.2. The topological polar surface area (TPSA) is 75.4 Å². The van der Waals surface area contributed by atoms with Gasteiger partial charge in [0.05, 0.1) is 15.6 Å². The highest BCUT2D eigenvalue weighted by atomic mass is 35.5. The minimum atomic E-state index is -3.51. The van der Waals surface area contributed by atoms with E-state index in [1.165, 1.54) is 18.2 Å². The number of anilines is 1. The molecule has 1 aliphatic rings. The van der Waals surface area contributed by atoms with Gasteiger partial charge < -0.3 is 10.6 Å². The van der Waals surface area contributed by atoms with Gasteiger partial charge in [-0.2, -0.15) is 0 Å². The Labute approximate surface area is 131 Å². The number of piperidine rings is 1. The van der Waals surface area contributed by atoms with Crippen LogP contribution >= 0.6 is 11.6 Å². The van der Waals surface area contributed by atoms with Gasteiger partial charge in [0, 0.05) is 6.54 Å². The number of sulfonamides is 1. The van der Waals surface area contributed by atoms with Crippen molar-refractivity contribution in [3.05, 3.63) is 23.2 Å². The van der Waals surface area contributed by atoms with Crippen LogP contribution in [0.1, 0.15) is 19.3 Å². The molecule has 1 aromatic rings. The van der Waals surface area contributed by atoms with Crippen molar-refractivity contribution in [2.75, 3.05) is 32.4 Å². The fourth-order valence-corrected chi connectivity index (χ4v) is 3.83. The van der Waals surface area contributed by atoms with Crippen molar-refractivity contribution in [3.8, 4) is 0 Å². The molecule has 1 aromatic carbocycles. The summed E-state index contributed by atoms with van der Waals surface area (Å²) in [6.45, 7) is 2.63. The van der Waals surface area contributed by atoms with Crippen LogP contribution in [0.25, 0.3) is 0 Å². The zero-order chi connectivity index (χ0) is 15.5. The maximum atomic E-state index is 12.2. The Morgan fingerprint density at radius 1 is 1.38 bits per heavy atom. The molecule has 1 aliphatic heterocycles. The largest absolute Gasteiger partial charge is 0.398 e. The van der Waals surface area contributed by atoms with Crippen LogP contribution in [-0.4, -0.2) is 40.0 Å². The lowest BCUT2D eigenvalue weighted by Crippen LogP contribution is -2.32. The molecule has 0 spiro atoms. The van der Waals surface area contributed by atoms with Gasteiger partial charge in [0.2, 0.25) is 10.0 Å². The fourth-order valence-electron chi connectivity index (χ4n) is 2.51. The Balaban J connectivity index is 1.88. The first kappa shape index (κ1) is 16.5. The van der Waals surface area contributed by atoms with E-state index in [0.29, 0.717) is 18.2 Å². The van der Waals surface area contributed by atoms with E-state index >= 15 is 0 Å². The van der Waals surface area contributed by atoms with Crippen LogP contribution in [-0.2, 0) is 10.0 Å². The quantitative estimate of drug-likeness (QED) is 0.808. The van der Waals surface area contributed by atoms with Crippen LogP contribution in [0.4, 0.5) is 5.69 Å². The minimum absolute atomic E-state index is 0.157. The number of halogens is 1. The molecule has 1 fully saturated rings. The predicted molar refractivity (Wildman–Crippen MR) is 85.9 cm³/mol. The van der Waals surface area contributed by atoms with Gasteiger partial charge in [-0.05, 0) is 63.5 Å². The normalized spacial score (nSPS) is 18.0. The van der Waals surface area contributed by atoms with Gasteiger partial charge in [-0.25, -0.2) is 13.1 Å². The highest BCUT2D eigenvalue weighted by Gasteiger charge is 2.19. The molecule has 5 nitrogen and oxygen atoms in total. The van der Waals surface area contributed by atoms with Crippen molar-refractivity contribution in [3.63, 3.8) is 0 Å².